The Morgan fingerprint density at radius 2 is 0.889 bits per heavy atom. The van der Waals surface area contributed by atoms with Crippen LogP contribution >= 0.6 is 7.60 Å². The highest BCUT2D eigenvalue weighted by Crippen LogP contribution is 2.47. The largest absolute Gasteiger partial charge is 0.330 e. The van der Waals surface area contributed by atoms with E-state index in [-0.39, 0.29) is 0 Å². The van der Waals surface area contributed by atoms with Gasteiger partial charge in [0.2, 0.25) is 0 Å². The Morgan fingerprint density at radius 3 is 1.25 bits per heavy atom. The predicted molar refractivity (Wildman–Crippen MR) is 157 cm³/mol. The Balaban J connectivity index is 4.08. The second-order valence-electron chi connectivity index (χ2n) is 10.3. The molecule has 0 amide bonds. The zero-order valence-corrected chi connectivity index (χ0v) is 25.8. The van der Waals surface area contributed by atoms with E-state index in [1.807, 2.05) is 13.8 Å². The van der Waals surface area contributed by atoms with E-state index in [4.69, 9.17) is 13.9 Å². The maximum absolute atomic E-state index is 12.5. The van der Waals surface area contributed by atoms with Gasteiger partial charge in [0.15, 0.2) is 0 Å². The van der Waals surface area contributed by atoms with Crippen LogP contribution in [0.1, 0.15) is 156 Å². The highest BCUT2D eigenvalue weighted by atomic mass is 31.2. The smallest absolute Gasteiger partial charge is 0.309 e. The van der Waals surface area contributed by atoms with E-state index in [1.54, 1.807) is 0 Å². The lowest BCUT2D eigenvalue weighted by atomic mass is 10.1. The van der Waals surface area contributed by atoms with E-state index in [2.05, 4.69) is 18.9 Å². The number of nitrogens with zero attached hydrogens (tertiary/aromatic N) is 1. The van der Waals surface area contributed by atoms with E-state index < -0.39 is 7.60 Å². The Kier molecular flexibility index (Phi) is 28.1. The summed E-state index contributed by atoms with van der Waals surface area (Å²) in [4.78, 5) is 6.06. The monoisotopic (exact) mass is 533 g/mol. The molecule has 218 valence electrons. The molecule has 0 aromatic heterocycles. The molecular formula is C30H64NO4P. The van der Waals surface area contributed by atoms with E-state index in [0.717, 1.165) is 13.1 Å². The molecule has 36 heavy (non-hydrogen) atoms. The number of hydrogen-bond acceptors (Lipinski definition) is 5. The molecule has 0 aromatic carbocycles. The zero-order chi connectivity index (χ0) is 26.6. The van der Waals surface area contributed by atoms with Gasteiger partial charge in [-0.2, -0.15) is 5.06 Å². The molecule has 0 aliphatic carbocycles. The molecule has 0 rings (SSSR count). The van der Waals surface area contributed by atoms with Gasteiger partial charge < -0.3 is 9.05 Å². The third-order valence-electron chi connectivity index (χ3n) is 6.88. The molecule has 0 saturated carbocycles. The molecule has 0 fully saturated rings. The van der Waals surface area contributed by atoms with Gasteiger partial charge in [0.05, 0.1) is 19.8 Å². The first-order chi connectivity index (χ1) is 17.6. The Bertz CT molecular complexity index is 454. The highest BCUT2D eigenvalue weighted by molar-refractivity contribution is 7.53. The van der Waals surface area contributed by atoms with Crippen molar-refractivity contribution in [2.24, 2.45) is 0 Å². The van der Waals surface area contributed by atoms with Crippen molar-refractivity contribution in [3.8, 4) is 0 Å². The topological polar surface area (TPSA) is 48.0 Å². The highest BCUT2D eigenvalue weighted by Gasteiger charge is 2.20. The van der Waals surface area contributed by atoms with E-state index in [1.165, 1.54) is 128 Å². The fraction of sp³-hybridized carbons (Fsp3) is 1.00. The summed E-state index contributed by atoms with van der Waals surface area (Å²) >= 11 is 0. The van der Waals surface area contributed by atoms with Crippen molar-refractivity contribution in [2.45, 2.75) is 156 Å². The number of rotatable bonds is 30. The van der Waals surface area contributed by atoms with Gasteiger partial charge in [-0.15, -0.1) is 0 Å². The molecule has 0 bridgehead atoms. The lowest BCUT2D eigenvalue weighted by Gasteiger charge is -2.23. The molecule has 0 saturated heterocycles. The van der Waals surface area contributed by atoms with Crippen LogP contribution in [0.3, 0.4) is 0 Å². The van der Waals surface area contributed by atoms with Gasteiger partial charge in [-0.3, -0.25) is 9.40 Å². The first-order valence-corrected chi connectivity index (χ1v) is 17.6. The minimum absolute atomic E-state index is 0.317. The molecule has 1 unspecified atom stereocenters. The van der Waals surface area contributed by atoms with Gasteiger partial charge in [0.25, 0.3) is 0 Å². The molecule has 1 atom stereocenters. The van der Waals surface area contributed by atoms with Crippen LogP contribution in [0.25, 0.3) is 0 Å². The van der Waals surface area contributed by atoms with Gasteiger partial charge in [0, 0.05) is 19.3 Å². The second kappa shape index (κ2) is 28.1. The Labute approximate surface area is 226 Å². The molecule has 0 aliphatic heterocycles. The first-order valence-electron chi connectivity index (χ1n) is 15.9. The van der Waals surface area contributed by atoms with Crippen LogP contribution in [0.5, 0.6) is 0 Å². The summed E-state index contributed by atoms with van der Waals surface area (Å²) in [5, 5.41) is 2.14. The predicted octanol–water partition coefficient (Wildman–Crippen LogP) is 10.3. The molecule has 6 heteroatoms. The first kappa shape index (κ1) is 36.1. The van der Waals surface area contributed by atoms with Gasteiger partial charge >= 0.3 is 7.60 Å². The van der Waals surface area contributed by atoms with Gasteiger partial charge in [0.1, 0.15) is 0 Å². The van der Waals surface area contributed by atoms with Gasteiger partial charge in [-0.25, -0.2) is 0 Å². The van der Waals surface area contributed by atoms with Crippen LogP contribution in [-0.4, -0.2) is 44.1 Å². The van der Waals surface area contributed by atoms with Crippen LogP contribution in [0.15, 0.2) is 0 Å². The standard InChI is InChI=1S/C30H64NO4P/c1-5-9-11-13-15-17-19-21-23-25-27-31(33-29-30-35-36(32,8-4)34-7-3)28-26-24-22-20-18-16-14-12-10-6-2/h5-30H2,1-4H3. The van der Waals surface area contributed by atoms with E-state index >= 15 is 0 Å². The van der Waals surface area contributed by atoms with Crippen molar-refractivity contribution in [3.05, 3.63) is 0 Å². The molecule has 0 radical (unpaired) electrons. The van der Waals surface area contributed by atoms with Crippen LogP contribution in [0, 0.1) is 0 Å². The van der Waals surface area contributed by atoms with Crippen molar-refractivity contribution in [3.63, 3.8) is 0 Å². The van der Waals surface area contributed by atoms with E-state index in [0.29, 0.717) is 26.0 Å². The van der Waals surface area contributed by atoms with Crippen LogP contribution in [-0.2, 0) is 18.5 Å². The van der Waals surface area contributed by atoms with Crippen molar-refractivity contribution in [1.82, 2.24) is 5.06 Å². The normalized spacial score (nSPS) is 13.5. The van der Waals surface area contributed by atoms with E-state index in [9.17, 15) is 4.57 Å². The van der Waals surface area contributed by atoms with Crippen LogP contribution in [0.4, 0.5) is 0 Å². The second-order valence-corrected chi connectivity index (χ2v) is 12.7. The minimum atomic E-state index is -2.95. The summed E-state index contributed by atoms with van der Waals surface area (Å²) < 4.78 is 23.3. The summed E-state index contributed by atoms with van der Waals surface area (Å²) in [5.41, 5.74) is 0. The summed E-state index contributed by atoms with van der Waals surface area (Å²) in [6, 6.07) is 0. The maximum Gasteiger partial charge on any atom is 0.330 e. The fourth-order valence-electron chi connectivity index (χ4n) is 4.55. The van der Waals surface area contributed by atoms with Gasteiger partial charge in [-0.1, -0.05) is 136 Å². The van der Waals surface area contributed by atoms with Crippen LogP contribution < -0.4 is 0 Å². The maximum atomic E-state index is 12.5. The lowest BCUT2D eigenvalue weighted by Crippen LogP contribution is -2.28. The van der Waals surface area contributed by atoms with Crippen LogP contribution in [0.2, 0.25) is 0 Å². The SMILES string of the molecule is CCCCCCCCCCCCN(CCCCCCCCCCCC)OCCOP(=O)(CC)OCC. The molecule has 0 N–H and O–H groups in total. The molecule has 0 aromatic rings. The average molecular weight is 534 g/mol. The summed E-state index contributed by atoms with van der Waals surface area (Å²) in [6.45, 7) is 11.4. The molecule has 0 aliphatic rings. The Hall–Kier alpha value is 0.0700. The number of hydroxylamine groups is 2. The van der Waals surface area contributed by atoms with Crippen molar-refractivity contribution in [1.29, 1.82) is 0 Å². The van der Waals surface area contributed by atoms with Crippen molar-refractivity contribution in [2.75, 3.05) is 39.1 Å². The average Bonchev–Trinajstić information content (AvgIpc) is 2.88. The lowest BCUT2D eigenvalue weighted by molar-refractivity contribution is -0.166. The molecule has 0 spiro atoms. The number of hydrogen-bond donors (Lipinski definition) is 0. The minimum Gasteiger partial charge on any atom is -0.309 e. The third kappa shape index (κ3) is 24.4. The summed E-state index contributed by atoms with van der Waals surface area (Å²) in [5.74, 6) is 0. The van der Waals surface area contributed by atoms with Crippen molar-refractivity contribution < 1.29 is 18.5 Å². The molecule has 5 nitrogen and oxygen atoms in total. The summed E-state index contributed by atoms with van der Waals surface area (Å²) in [7, 11) is -2.95. The van der Waals surface area contributed by atoms with Gasteiger partial charge in [-0.05, 0) is 19.8 Å². The fourth-order valence-corrected chi connectivity index (χ4v) is 5.74. The molecule has 0 heterocycles. The Morgan fingerprint density at radius 1 is 0.500 bits per heavy atom. The van der Waals surface area contributed by atoms with Crippen molar-refractivity contribution >= 4 is 7.60 Å². The molecular weight excluding hydrogens is 469 g/mol. The number of unbranched alkanes of at least 4 members (excludes halogenated alkanes) is 18. The zero-order valence-electron chi connectivity index (χ0n) is 24.9. The summed E-state index contributed by atoms with van der Waals surface area (Å²) in [6.07, 6.45) is 27.3. The quantitative estimate of drug-likeness (QED) is 0.0522. The third-order valence-corrected chi connectivity index (χ3v) is 8.88.